The Bertz CT molecular complexity index is 907. The number of aliphatic imine (C=N–C) groups is 1. The lowest BCUT2D eigenvalue weighted by molar-refractivity contribution is 0.363. The van der Waals surface area contributed by atoms with Gasteiger partial charge in [-0.1, -0.05) is 58.9 Å². The molecular formula is C23H22BrN3O. The summed E-state index contributed by atoms with van der Waals surface area (Å²) in [6.07, 6.45) is 1.72. The van der Waals surface area contributed by atoms with E-state index < -0.39 is 0 Å². The summed E-state index contributed by atoms with van der Waals surface area (Å²) < 4.78 is 6.56. The van der Waals surface area contributed by atoms with Crippen LogP contribution in [0.4, 0.5) is 11.4 Å². The van der Waals surface area contributed by atoms with Crippen LogP contribution >= 0.6 is 15.9 Å². The van der Waals surface area contributed by atoms with Crippen LogP contribution in [0.2, 0.25) is 0 Å². The van der Waals surface area contributed by atoms with Crippen molar-refractivity contribution in [3.63, 3.8) is 0 Å². The molecule has 3 aromatic carbocycles. The van der Waals surface area contributed by atoms with Crippen LogP contribution < -0.4 is 15.4 Å². The van der Waals surface area contributed by atoms with Gasteiger partial charge in [-0.3, -0.25) is 0 Å². The van der Waals surface area contributed by atoms with Crippen LogP contribution in [0.1, 0.15) is 5.56 Å². The summed E-state index contributed by atoms with van der Waals surface area (Å²) in [5.41, 5.74) is 3.02. The number of hydrogen-bond donors (Lipinski definition) is 2. The van der Waals surface area contributed by atoms with Crippen molar-refractivity contribution in [3.05, 3.63) is 102 Å². The monoisotopic (exact) mass is 435 g/mol. The molecule has 0 unspecified atom stereocenters. The summed E-state index contributed by atoms with van der Waals surface area (Å²) in [4.78, 5) is 4.72. The molecule has 0 saturated heterocycles. The van der Waals surface area contributed by atoms with E-state index in [1.54, 1.807) is 6.08 Å². The third-order valence-electron chi connectivity index (χ3n) is 3.85. The summed E-state index contributed by atoms with van der Waals surface area (Å²) in [5.74, 6) is 1.47. The first-order valence-corrected chi connectivity index (χ1v) is 9.74. The minimum atomic E-state index is 0.488. The highest BCUT2D eigenvalue weighted by atomic mass is 79.9. The fraction of sp³-hybridized carbons (Fsp3) is 0.0870. The molecule has 2 N–H and O–H groups in total. The van der Waals surface area contributed by atoms with Crippen molar-refractivity contribution in [1.82, 2.24) is 0 Å². The zero-order valence-electron chi connectivity index (χ0n) is 15.4. The topological polar surface area (TPSA) is 45.6 Å². The first kappa shape index (κ1) is 19.7. The Morgan fingerprint density at radius 1 is 0.893 bits per heavy atom. The van der Waals surface area contributed by atoms with Gasteiger partial charge in [0, 0.05) is 15.8 Å². The molecule has 5 heteroatoms. The number of rotatable bonds is 7. The van der Waals surface area contributed by atoms with E-state index in [-0.39, 0.29) is 0 Å². The molecule has 4 nitrogen and oxygen atoms in total. The van der Waals surface area contributed by atoms with Gasteiger partial charge in [0.1, 0.15) is 12.4 Å². The second kappa shape index (κ2) is 10.3. The van der Waals surface area contributed by atoms with Gasteiger partial charge < -0.3 is 15.4 Å². The Balaban J connectivity index is 1.74. The highest BCUT2D eigenvalue weighted by molar-refractivity contribution is 9.10. The Hall–Kier alpha value is -3.05. The molecule has 0 heterocycles. The normalized spacial score (nSPS) is 11.0. The number of hydrogen-bond acceptors (Lipinski definition) is 2. The molecule has 0 fully saturated rings. The highest BCUT2D eigenvalue weighted by Gasteiger charge is 2.03. The molecule has 142 valence electrons. The number of nitrogens with zero attached hydrogens (tertiary/aromatic N) is 1. The lowest BCUT2D eigenvalue weighted by Crippen LogP contribution is -2.22. The molecule has 0 aliphatic rings. The van der Waals surface area contributed by atoms with Crippen molar-refractivity contribution in [2.24, 2.45) is 4.99 Å². The molecule has 0 aliphatic heterocycles. The molecular weight excluding hydrogens is 414 g/mol. The van der Waals surface area contributed by atoms with Gasteiger partial charge in [-0.05, 0) is 54.1 Å². The number of benzene rings is 3. The van der Waals surface area contributed by atoms with Crippen molar-refractivity contribution in [3.8, 4) is 5.75 Å². The first-order valence-electron chi connectivity index (χ1n) is 8.95. The van der Waals surface area contributed by atoms with Crippen LogP contribution in [0.15, 0.2) is 101 Å². The lowest BCUT2D eigenvalue weighted by Gasteiger charge is -2.13. The van der Waals surface area contributed by atoms with E-state index in [0.717, 1.165) is 27.2 Å². The Kier molecular flexibility index (Phi) is 7.27. The highest BCUT2D eigenvalue weighted by Crippen LogP contribution is 2.18. The van der Waals surface area contributed by atoms with E-state index in [0.29, 0.717) is 19.1 Å². The average molecular weight is 436 g/mol. The fourth-order valence-electron chi connectivity index (χ4n) is 2.46. The third kappa shape index (κ3) is 6.28. The van der Waals surface area contributed by atoms with Gasteiger partial charge in [0.15, 0.2) is 0 Å². The second-order valence-electron chi connectivity index (χ2n) is 6.03. The predicted octanol–water partition coefficient (Wildman–Crippen LogP) is 6.09. The zero-order valence-corrected chi connectivity index (χ0v) is 17.0. The van der Waals surface area contributed by atoms with Crippen LogP contribution in [0.25, 0.3) is 0 Å². The average Bonchev–Trinajstić information content (AvgIpc) is 2.74. The molecule has 0 aromatic heterocycles. The molecule has 0 amide bonds. The standard InChI is InChI=1S/C23H22BrN3O/c1-2-16-28-22-14-12-21(13-15-22)27-23(25-17-18-6-4-3-5-7-18)26-20-10-8-19(24)9-11-20/h2-15H,1,16-17H2,(H2,25,26,27). The predicted molar refractivity (Wildman–Crippen MR) is 121 cm³/mol. The molecule has 0 aliphatic carbocycles. The maximum absolute atomic E-state index is 5.53. The zero-order chi connectivity index (χ0) is 19.6. The van der Waals surface area contributed by atoms with E-state index in [2.05, 4.69) is 45.3 Å². The van der Waals surface area contributed by atoms with E-state index in [4.69, 9.17) is 9.73 Å². The third-order valence-corrected chi connectivity index (χ3v) is 4.38. The van der Waals surface area contributed by atoms with Crippen molar-refractivity contribution in [1.29, 1.82) is 0 Å². The second-order valence-corrected chi connectivity index (χ2v) is 6.95. The number of guanidine groups is 1. The van der Waals surface area contributed by atoms with Crippen LogP contribution in [0.5, 0.6) is 5.75 Å². The minimum Gasteiger partial charge on any atom is -0.490 e. The van der Waals surface area contributed by atoms with Gasteiger partial charge in [-0.15, -0.1) is 0 Å². The van der Waals surface area contributed by atoms with Gasteiger partial charge in [0.05, 0.1) is 6.54 Å². The molecule has 0 bridgehead atoms. The maximum Gasteiger partial charge on any atom is 0.200 e. The van der Waals surface area contributed by atoms with E-state index >= 15 is 0 Å². The van der Waals surface area contributed by atoms with Crippen molar-refractivity contribution in [2.75, 3.05) is 17.2 Å². The number of anilines is 2. The summed E-state index contributed by atoms with van der Waals surface area (Å²) >= 11 is 3.46. The van der Waals surface area contributed by atoms with Crippen LogP contribution in [-0.2, 0) is 6.54 Å². The molecule has 28 heavy (non-hydrogen) atoms. The maximum atomic E-state index is 5.53. The SMILES string of the molecule is C=CCOc1ccc(NC(=NCc2ccccc2)Nc2ccc(Br)cc2)cc1. The smallest absolute Gasteiger partial charge is 0.200 e. The van der Waals surface area contributed by atoms with Crippen LogP contribution in [0.3, 0.4) is 0 Å². The van der Waals surface area contributed by atoms with E-state index in [9.17, 15) is 0 Å². The molecule has 0 spiro atoms. The summed E-state index contributed by atoms with van der Waals surface area (Å²) in [6, 6.07) is 25.9. The van der Waals surface area contributed by atoms with Crippen LogP contribution in [0, 0.1) is 0 Å². The Morgan fingerprint density at radius 3 is 2.11 bits per heavy atom. The van der Waals surface area contributed by atoms with Crippen molar-refractivity contribution < 1.29 is 4.74 Å². The minimum absolute atomic E-state index is 0.488. The summed E-state index contributed by atoms with van der Waals surface area (Å²) in [5, 5.41) is 6.69. The summed E-state index contributed by atoms with van der Waals surface area (Å²) in [7, 11) is 0. The van der Waals surface area contributed by atoms with Gasteiger partial charge in [0.2, 0.25) is 5.96 Å². The van der Waals surface area contributed by atoms with Gasteiger partial charge >= 0.3 is 0 Å². The quantitative estimate of drug-likeness (QED) is 0.268. The van der Waals surface area contributed by atoms with Gasteiger partial charge in [-0.25, -0.2) is 4.99 Å². The van der Waals surface area contributed by atoms with Gasteiger partial charge in [0.25, 0.3) is 0 Å². The molecule has 0 atom stereocenters. The number of ether oxygens (including phenoxy) is 1. The van der Waals surface area contributed by atoms with E-state index in [1.807, 2.05) is 66.7 Å². The Labute approximate surface area is 174 Å². The van der Waals surface area contributed by atoms with Gasteiger partial charge in [-0.2, -0.15) is 0 Å². The van der Waals surface area contributed by atoms with Crippen molar-refractivity contribution >= 4 is 33.3 Å². The number of halogens is 1. The molecule has 3 rings (SSSR count). The largest absolute Gasteiger partial charge is 0.490 e. The van der Waals surface area contributed by atoms with Crippen LogP contribution in [-0.4, -0.2) is 12.6 Å². The fourth-order valence-corrected chi connectivity index (χ4v) is 2.72. The lowest BCUT2D eigenvalue weighted by atomic mass is 10.2. The Morgan fingerprint density at radius 2 is 1.50 bits per heavy atom. The molecule has 3 aromatic rings. The first-order chi connectivity index (χ1) is 13.7. The molecule has 0 radical (unpaired) electrons. The van der Waals surface area contributed by atoms with E-state index in [1.165, 1.54) is 0 Å². The number of nitrogens with one attached hydrogen (secondary N) is 2. The van der Waals surface area contributed by atoms with Crippen molar-refractivity contribution in [2.45, 2.75) is 6.54 Å². The summed E-state index contributed by atoms with van der Waals surface area (Å²) in [6.45, 7) is 4.72. The molecule has 0 saturated carbocycles.